The lowest BCUT2D eigenvalue weighted by molar-refractivity contribution is 0.194. The number of hydrogen-bond donors (Lipinski definition) is 1. The van der Waals surface area contributed by atoms with Gasteiger partial charge in [-0.2, -0.15) is 5.26 Å². The minimum absolute atomic E-state index is 0.104. The molecule has 1 N–H and O–H groups in total. The van der Waals surface area contributed by atoms with Crippen LogP contribution < -0.4 is 4.72 Å². The van der Waals surface area contributed by atoms with Gasteiger partial charge in [-0.3, -0.25) is 0 Å². The van der Waals surface area contributed by atoms with Gasteiger partial charge in [0.1, 0.15) is 16.7 Å². The first-order valence-corrected chi connectivity index (χ1v) is 8.61. The van der Waals surface area contributed by atoms with E-state index in [1.54, 1.807) is 0 Å². The Balaban J connectivity index is 1.91. The summed E-state index contributed by atoms with van der Waals surface area (Å²) in [5.74, 6) is 0.383. The van der Waals surface area contributed by atoms with Crippen molar-refractivity contribution in [1.29, 1.82) is 5.26 Å². The van der Waals surface area contributed by atoms with Gasteiger partial charge >= 0.3 is 0 Å². The summed E-state index contributed by atoms with van der Waals surface area (Å²) < 4.78 is 26.9. The van der Waals surface area contributed by atoms with Crippen LogP contribution in [0.5, 0.6) is 0 Å². The Morgan fingerprint density at radius 1 is 1.43 bits per heavy atom. The van der Waals surface area contributed by atoms with E-state index in [9.17, 15) is 8.42 Å². The standard InChI is InChI=1S/C14H20N4O2S/c1-2-18-7-5-12(6-8-18)10-17-21(19,20)14-4-3-13(9-15)16-11-14/h3-4,11-12,17H,2,5-8,10H2,1H3. The number of pyridine rings is 1. The zero-order valence-electron chi connectivity index (χ0n) is 12.1. The van der Waals surface area contributed by atoms with Crippen molar-refractivity contribution in [2.75, 3.05) is 26.2 Å². The number of rotatable bonds is 5. The van der Waals surface area contributed by atoms with Crippen molar-refractivity contribution in [2.24, 2.45) is 5.92 Å². The summed E-state index contributed by atoms with van der Waals surface area (Å²) in [5, 5.41) is 8.67. The Morgan fingerprint density at radius 3 is 2.67 bits per heavy atom. The van der Waals surface area contributed by atoms with Gasteiger partial charge in [0.2, 0.25) is 10.0 Å². The second kappa shape index (κ2) is 6.98. The van der Waals surface area contributed by atoms with Crippen molar-refractivity contribution in [2.45, 2.75) is 24.7 Å². The molecule has 1 fully saturated rings. The van der Waals surface area contributed by atoms with Gasteiger partial charge in [0.25, 0.3) is 0 Å². The molecule has 6 nitrogen and oxygen atoms in total. The Morgan fingerprint density at radius 2 is 2.14 bits per heavy atom. The maximum atomic E-state index is 12.2. The van der Waals surface area contributed by atoms with Crippen molar-refractivity contribution < 1.29 is 8.42 Å². The van der Waals surface area contributed by atoms with Crippen LogP contribution in [0.15, 0.2) is 23.2 Å². The largest absolute Gasteiger partial charge is 0.304 e. The molecule has 0 aliphatic carbocycles. The van der Waals surface area contributed by atoms with E-state index in [0.717, 1.165) is 32.5 Å². The third kappa shape index (κ3) is 4.24. The number of nitrogens with zero attached hydrogens (tertiary/aromatic N) is 3. The summed E-state index contributed by atoms with van der Waals surface area (Å²) in [6.45, 7) is 5.71. The number of nitriles is 1. The SMILES string of the molecule is CCN1CCC(CNS(=O)(=O)c2ccc(C#N)nc2)CC1. The highest BCUT2D eigenvalue weighted by atomic mass is 32.2. The maximum absolute atomic E-state index is 12.2. The first kappa shape index (κ1) is 15.9. The number of hydrogen-bond acceptors (Lipinski definition) is 5. The third-order valence-electron chi connectivity index (χ3n) is 3.88. The van der Waals surface area contributed by atoms with Crippen LogP contribution in [0, 0.1) is 17.2 Å². The van der Waals surface area contributed by atoms with Gasteiger partial charge in [0, 0.05) is 12.7 Å². The average molecular weight is 308 g/mol. The lowest BCUT2D eigenvalue weighted by Gasteiger charge is -2.30. The summed E-state index contributed by atoms with van der Waals surface area (Å²) in [6.07, 6.45) is 3.25. The van der Waals surface area contributed by atoms with E-state index in [-0.39, 0.29) is 10.6 Å². The number of aromatic nitrogens is 1. The number of likely N-dealkylation sites (tertiary alicyclic amines) is 1. The highest BCUT2D eigenvalue weighted by molar-refractivity contribution is 7.89. The van der Waals surface area contributed by atoms with Crippen LogP contribution in [0.2, 0.25) is 0 Å². The molecule has 0 amide bonds. The smallest absolute Gasteiger partial charge is 0.242 e. The summed E-state index contributed by atoms with van der Waals surface area (Å²) in [4.78, 5) is 6.27. The molecule has 0 radical (unpaired) electrons. The normalized spacial score (nSPS) is 17.5. The summed E-state index contributed by atoms with van der Waals surface area (Å²) in [7, 11) is -3.54. The van der Waals surface area contributed by atoms with Crippen LogP contribution in [0.4, 0.5) is 0 Å². The molecule has 0 unspecified atom stereocenters. The van der Waals surface area contributed by atoms with Crippen LogP contribution in [-0.4, -0.2) is 44.5 Å². The number of piperidine rings is 1. The zero-order chi connectivity index (χ0) is 15.3. The molecule has 2 rings (SSSR count). The second-order valence-corrected chi connectivity index (χ2v) is 6.99. The quantitative estimate of drug-likeness (QED) is 0.875. The Bertz CT molecular complexity index is 599. The molecular weight excluding hydrogens is 288 g/mol. The second-order valence-electron chi connectivity index (χ2n) is 5.22. The molecule has 0 atom stereocenters. The van der Waals surface area contributed by atoms with E-state index in [4.69, 9.17) is 5.26 Å². The summed E-state index contributed by atoms with van der Waals surface area (Å²) >= 11 is 0. The summed E-state index contributed by atoms with van der Waals surface area (Å²) in [5.41, 5.74) is 0.209. The molecule has 1 aromatic rings. The fourth-order valence-corrected chi connectivity index (χ4v) is 3.48. The summed E-state index contributed by atoms with van der Waals surface area (Å²) in [6, 6.07) is 4.69. The van der Waals surface area contributed by atoms with Gasteiger partial charge in [0.05, 0.1) is 0 Å². The topological polar surface area (TPSA) is 86.1 Å². The van der Waals surface area contributed by atoms with E-state index in [1.807, 2.05) is 6.07 Å². The fourth-order valence-electron chi connectivity index (χ4n) is 2.42. The van der Waals surface area contributed by atoms with Crippen LogP contribution >= 0.6 is 0 Å². The predicted molar refractivity (Wildman–Crippen MR) is 79.0 cm³/mol. The molecule has 0 bridgehead atoms. The first-order valence-electron chi connectivity index (χ1n) is 7.13. The fraction of sp³-hybridized carbons (Fsp3) is 0.571. The molecule has 7 heteroatoms. The van der Waals surface area contributed by atoms with Crippen molar-refractivity contribution in [1.82, 2.24) is 14.6 Å². The Kier molecular flexibility index (Phi) is 5.28. The van der Waals surface area contributed by atoms with Crippen molar-refractivity contribution >= 4 is 10.0 Å². The van der Waals surface area contributed by atoms with Gasteiger partial charge in [-0.15, -0.1) is 0 Å². The van der Waals surface area contributed by atoms with Crippen molar-refractivity contribution in [3.05, 3.63) is 24.0 Å². The molecule has 1 saturated heterocycles. The molecular formula is C14H20N4O2S. The minimum Gasteiger partial charge on any atom is -0.304 e. The van der Waals surface area contributed by atoms with Gasteiger partial charge in [-0.1, -0.05) is 6.92 Å². The molecule has 1 aromatic heterocycles. The molecule has 1 aliphatic rings. The highest BCUT2D eigenvalue weighted by Gasteiger charge is 2.21. The van der Waals surface area contributed by atoms with Crippen LogP contribution in [0.3, 0.4) is 0 Å². The number of sulfonamides is 1. The zero-order valence-corrected chi connectivity index (χ0v) is 12.9. The van der Waals surface area contributed by atoms with Crippen molar-refractivity contribution in [3.63, 3.8) is 0 Å². The molecule has 0 aromatic carbocycles. The van der Waals surface area contributed by atoms with Gasteiger partial charge in [-0.25, -0.2) is 18.1 Å². The molecule has 114 valence electrons. The van der Waals surface area contributed by atoms with E-state index < -0.39 is 10.0 Å². The number of nitrogens with one attached hydrogen (secondary N) is 1. The molecule has 0 spiro atoms. The predicted octanol–water partition coefficient (Wildman–Crippen LogP) is 0.963. The maximum Gasteiger partial charge on any atom is 0.242 e. The average Bonchev–Trinajstić information content (AvgIpc) is 2.53. The van der Waals surface area contributed by atoms with Gasteiger partial charge < -0.3 is 4.90 Å². The lowest BCUT2D eigenvalue weighted by atomic mass is 9.97. The minimum atomic E-state index is -3.54. The van der Waals surface area contributed by atoms with Gasteiger partial charge in [0.15, 0.2) is 0 Å². The lowest BCUT2D eigenvalue weighted by Crippen LogP contribution is -2.38. The first-order chi connectivity index (χ1) is 10.0. The van der Waals surface area contributed by atoms with Crippen molar-refractivity contribution in [3.8, 4) is 6.07 Å². The highest BCUT2D eigenvalue weighted by Crippen LogP contribution is 2.17. The molecule has 2 heterocycles. The third-order valence-corrected chi connectivity index (χ3v) is 5.29. The Labute approximate surface area is 125 Å². The van der Waals surface area contributed by atoms with E-state index in [2.05, 4.69) is 21.5 Å². The molecule has 21 heavy (non-hydrogen) atoms. The van der Waals surface area contributed by atoms with Crippen LogP contribution in [0.1, 0.15) is 25.5 Å². The van der Waals surface area contributed by atoms with E-state index >= 15 is 0 Å². The molecule has 0 saturated carbocycles. The Hall–Kier alpha value is -1.49. The van der Waals surface area contributed by atoms with Gasteiger partial charge in [-0.05, 0) is 50.5 Å². The monoisotopic (exact) mass is 308 g/mol. The van der Waals surface area contributed by atoms with Crippen LogP contribution in [0.25, 0.3) is 0 Å². The van der Waals surface area contributed by atoms with E-state index in [0.29, 0.717) is 12.5 Å². The van der Waals surface area contributed by atoms with Crippen LogP contribution in [-0.2, 0) is 10.0 Å². The molecule has 1 aliphatic heterocycles. The van der Waals surface area contributed by atoms with E-state index in [1.165, 1.54) is 18.3 Å².